The number of nitrogens with two attached hydrogens (primary N) is 1. The molecular formula is C4H6NNa2O4+. The Balaban J connectivity index is -0.000000320. The molecule has 7 heteroatoms. The SMILES string of the molecule is O=C([O-])C[NH2+]CC(=O)[O-].[Na+].[Na+]. The molecule has 0 bridgehead atoms. The molecule has 52 valence electrons. The molecule has 0 saturated carbocycles. The van der Waals surface area contributed by atoms with Crippen LogP contribution in [0.15, 0.2) is 0 Å². The van der Waals surface area contributed by atoms with Gasteiger partial charge in [0.1, 0.15) is 13.1 Å². The molecule has 5 nitrogen and oxygen atoms in total. The maximum atomic E-state index is 9.63. The summed E-state index contributed by atoms with van der Waals surface area (Å²) in [6.07, 6.45) is 0. The van der Waals surface area contributed by atoms with Crippen molar-refractivity contribution in [3.63, 3.8) is 0 Å². The molecule has 11 heavy (non-hydrogen) atoms. The number of carbonyl (C=O) groups is 2. The molecule has 0 aromatic carbocycles. The van der Waals surface area contributed by atoms with Gasteiger partial charge in [-0.1, -0.05) is 0 Å². The van der Waals surface area contributed by atoms with E-state index in [0.29, 0.717) is 0 Å². The Bertz CT molecular complexity index is 115. The first-order valence-corrected chi connectivity index (χ1v) is 2.34. The van der Waals surface area contributed by atoms with Gasteiger partial charge >= 0.3 is 59.1 Å². The molecule has 0 aromatic heterocycles. The standard InChI is InChI=1S/C4H7NO4.2Na/c6-3(7)1-5-2-4(8)9;;/h5H,1-2H2,(H,6,7)(H,8,9);;/q;2*+1/p-1. The van der Waals surface area contributed by atoms with E-state index < -0.39 is 11.9 Å². The zero-order valence-electron chi connectivity index (χ0n) is 6.62. The summed E-state index contributed by atoms with van der Waals surface area (Å²) in [5.41, 5.74) is 0. The van der Waals surface area contributed by atoms with Crippen LogP contribution in [0.25, 0.3) is 0 Å². The van der Waals surface area contributed by atoms with Gasteiger partial charge in [-0.15, -0.1) is 0 Å². The molecular weight excluding hydrogens is 172 g/mol. The number of hydrogen-bond acceptors (Lipinski definition) is 4. The second-order valence-electron chi connectivity index (χ2n) is 1.44. The Hall–Kier alpha value is 0.900. The van der Waals surface area contributed by atoms with Crippen molar-refractivity contribution < 1.29 is 84.2 Å². The van der Waals surface area contributed by atoms with Gasteiger partial charge in [0.25, 0.3) is 0 Å². The topological polar surface area (TPSA) is 96.9 Å². The maximum Gasteiger partial charge on any atom is 1.00 e. The molecule has 2 N–H and O–H groups in total. The van der Waals surface area contributed by atoms with Gasteiger partial charge in [-0.05, 0) is 0 Å². The average molecular weight is 178 g/mol. The average Bonchev–Trinajstić information content (AvgIpc) is 1.63. The van der Waals surface area contributed by atoms with Gasteiger partial charge in [0.15, 0.2) is 0 Å². The van der Waals surface area contributed by atoms with Crippen molar-refractivity contribution in [3.8, 4) is 0 Å². The Morgan fingerprint density at radius 1 is 1.00 bits per heavy atom. The molecule has 0 amide bonds. The minimum atomic E-state index is -1.28. The predicted octanol–water partition coefficient (Wildman–Crippen LogP) is -10.9. The Labute approximate surface area is 108 Å². The number of quaternary nitrogens is 1. The first-order chi connectivity index (χ1) is 4.13. The van der Waals surface area contributed by atoms with E-state index in [1.165, 1.54) is 0 Å². The molecule has 0 aliphatic heterocycles. The molecule has 0 heterocycles. The van der Waals surface area contributed by atoms with Crippen LogP contribution in [-0.4, -0.2) is 25.0 Å². The van der Waals surface area contributed by atoms with E-state index in [4.69, 9.17) is 0 Å². The van der Waals surface area contributed by atoms with Gasteiger partial charge < -0.3 is 25.1 Å². The van der Waals surface area contributed by atoms with Crippen molar-refractivity contribution in [2.45, 2.75) is 0 Å². The van der Waals surface area contributed by atoms with Gasteiger partial charge in [-0.3, -0.25) is 0 Å². The number of rotatable bonds is 4. The first-order valence-electron chi connectivity index (χ1n) is 2.34. The van der Waals surface area contributed by atoms with E-state index in [1.807, 2.05) is 0 Å². The molecule has 0 atom stereocenters. The molecule has 0 spiro atoms. The molecule has 0 aromatic rings. The quantitative estimate of drug-likeness (QED) is 0.432. The molecule has 0 radical (unpaired) electrons. The van der Waals surface area contributed by atoms with E-state index in [0.717, 1.165) is 5.32 Å². The third-order valence-corrected chi connectivity index (χ3v) is 0.622. The summed E-state index contributed by atoms with van der Waals surface area (Å²) in [5.74, 6) is -2.56. The third-order valence-electron chi connectivity index (χ3n) is 0.622. The summed E-state index contributed by atoms with van der Waals surface area (Å²) in [6, 6.07) is 0. The third kappa shape index (κ3) is 18.1. The van der Waals surface area contributed by atoms with Gasteiger partial charge in [-0.2, -0.15) is 0 Å². The van der Waals surface area contributed by atoms with Crippen LogP contribution in [0.4, 0.5) is 0 Å². The van der Waals surface area contributed by atoms with Crippen LogP contribution >= 0.6 is 0 Å². The maximum absolute atomic E-state index is 9.63. The van der Waals surface area contributed by atoms with Crippen molar-refractivity contribution >= 4 is 11.9 Å². The Kier molecular flexibility index (Phi) is 17.7. The van der Waals surface area contributed by atoms with Crippen molar-refractivity contribution in [2.75, 3.05) is 13.1 Å². The number of carboxylic acid groups (broad SMARTS) is 2. The first kappa shape index (κ1) is 17.8. The summed E-state index contributed by atoms with van der Waals surface area (Å²) in [5, 5.41) is 20.3. The van der Waals surface area contributed by atoms with Crippen LogP contribution < -0.4 is 74.6 Å². The largest absolute Gasteiger partial charge is 1.00 e. The Morgan fingerprint density at radius 3 is 1.45 bits per heavy atom. The number of carbonyl (C=O) groups excluding carboxylic acids is 2. The summed E-state index contributed by atoms with van der Waals surface area (Å²) >= 11 is 0. The summed E-state index contributed by atoms with van der Waals surface area (Å²) in [7, 11) is 0. The van der Waals surface area contributed by atoms with Crippen molar-refractivity contribution in [1.82, 2.24) is 0 Å². The molecule has 0 rings (SSSR count). The van der Waals surface area contributed by atoms with Crippen LogP contribution in [-0.2, 0) is 9.59 Å². The van der Waals surface area contributed by atoms with Crippen molar-refractivity contribution in [3.05, 3.63) is 0 Å². The number of carboxylic acids is 2. The van der Waals surface area contributed by atoms with Gasteiger partial charge in [0.2, 0.25) is 0 Å². The summed E-state index contributed by atoms with van der Waals surface area (Å²) in [4.78, 5) is 19.3. The van der Waals surface area contributed by atoms with Crippen molar-refractivity contribution in [2.24, 2.45) is 0 Å². The van der Waals surface area contributed by atoms with Gasteiger partial charge in [0, 0.05) is 0 Å². The van der Waals surface area contributed by atoms with Gasteiger partial charge in [-0.25, -0.2) is 0 Å². The monoisotopic (exact) mass is 178 g/mol. The zero-order chi connectivity index (χ0) is 7.28. The molecule has 0 fully saturated rings. The van der Waals surface area contributed by atoms with Gasteiger partial charge in [0.05, 0.1) is 11.9 Å². The van der Waals surface area contributed by atoms with E-state index in [1.54, 1.807) is 0 Å². The molecule has 0 aliphatic rings. The Morgan fingerprint density at radius 2 is 1.27 bits per heavy atom. The van der Waals surface area contributed by atoms with Crippen LogP contribution in [0.5, 0.6) is 0 Å². The fourth-order valence-corrected chi connectivity index (χ4v) is 0.308. The molecule has 0 saturated heterocycles. The minimum absolute atomic E-state index is 0. The number of hydrogen-bond donors (Lipinski definition) is 1. The van der Waals surface area contributed by atoms with Crippen molar-refractivity contribution in [1.29, 1.82) is 0 Å². The summed E-state index contributed by atoms with van der Waals surface area (Å²) < 4.78 is 0. The molecule has 0 aliphatic carbocycles. The van der Waals surface area contributed by atoms with E-state index in [9.17, 15) is 19.8 Å². The van der Waals surface area contributed by atoms with E-state index in [2.05, 4.69) is 0 Å². The summed E-state index contributed by atoms with van der Waals surface area (Å²) in [6.45, 7) is -0.679. The molecule has 0 unspecified atom stereocenters. The van der Waals surface area contributed by atoms with Crippen LogP contribution in [0.2, 0.25) is 0 Å². The van der Waals surface area contributed by atoms with E-state index >= 15 is 0 Å². The van der Waals surface area contributed by atoms with Crippen LogP contribution in [0.3, 0.4) is 0 Å². The zero-order valence-corrected chi connectivity index (χ0v) is 10.6. The second-order valence-corrected chi connectivity index (χ2v) is 1.44. The fraction of sp³-hybridized carbons (Fsp3) is 0.500. The smallest absolute Gasteiger partial charge is 0.544 e. The predicted molar refractivity (Wildman–Crippen MR) is 21.7 cm³/mol. The number of aliphatic carboxylic acids is 2. The second kappa shape index (κ2) is 10.9. The van der Waals surface area contributed by atoms with Crippen LogP contribution in [0.1, 0.15) is 0 Å². The van der Waals surface area contributed by atoms with E-state index in [-0.39, 0.29) is 72.2 Å². The fourth-order valence-electron chi connectivity index (χ4n) is 0.308. The normalized spacial score (nSPS) is 7.27. The van der Waals surface area contributed by atoms with Crippen LogP contribution in [0, 0.1) is 0 Å². The minimum Gasteiger partial charge on any atom is -0.544 e.